The van der Waals surface area contributed by atoms with Crippen molar-refractivity contribution >= 4 is 44.7 Å². The second-order valence-corrected chi connectivity index (χ2v) is 3.81. The smallest absolute Gasteiger partial charge is 0.213 e. The van der Waals surface area contributed by atoms with Crippen LogP contribution >= 0.6 is 22.9 Å². The van der Waals surface area contributed by atoms with Gasteiger partial charge in [0.05, 0.1) is 9.72 Å². The first-order valence-electron chi connectivity index (χ1n) is 3.56. The predicted molar refractivity (Wildman–Crippen MR) is 54.3 cm³/mol. The van der Waals surface area contributed by atoms with Crippen molar-refractivity contribution in [3.8, 4) is 0 Å². The van der Waals surface area contributed by atoms with Gasteiger partial charge in [0.15, 0.2) is 5.13 Å². The van der Waals surface area contributed by atoms with E-state index in [9.17, 15) is 4.79 Å². The highest BCUT2D eigenvalue weighted by Gasteiger charge is 2.05. The van der Waals surface area contributed by atoms with Crippen LogP contribution in [-0.2, 0) is 4.79 Å². The minimum atomic E-state index is 0.568. The van der Waals surface area contributed by atoms with E-state index in [2.05, 4.69) is 10.3 Å². The molecule has 1 N–H and O–H groups in total. The highest BCUT2D eigenvalue weighted by atomic mass is 35.5. The molecule has 66 valence electrons. The van der Waals surface area contributed by atoms with Crippen LogP contribution in [0.1, 0.15) is 0 Å². The van der Waals surface area contributed by atoms with E-state index in [1.807, 2.05) is 12.1 Å². The number of nitrogens with one attached hydrogen (secondary N) is 1. The number of aromatic nitrogens is 1. The number of nitrogens with zero attached hydrogens (tertiary/aromatic N) is 1. The molecule has 0 unspecified atom stereocenters. The molecule has 0 saturated heterocycles. The second-order valence-electron chi connectivity index (χ2n) is 2.37. The molecular formula is C8H5ClN2OS. The van der Waals surface area contributed by atoms with Gasteiger partial charge in [-0.3, -0.25) is 4.79 Å². The molecule has 0 atom stereocenters. The number of hydrogen-bond acceptors (Lipinski definition) is 3. The first-order chi connectivity index (χ1) is 6.31. The van der Waals surface area contributed by atoms with Gasteiger partial charge in [-0.05, 0) is 12.1 Å². The predicted octanol–water partition coefficient (Wildman–Crippen LogP) is 2.52. The zero-order valence-electron chi connectivity index (χ0n) is 6.45. The summed E-state index contributed by atoms with van der Waals surface area (Å²) in [5, 5.41) is 3.66. The van der Waals surface area contributed by atoms with Crippen LogP contribution in [0.4, 0.5) is 5.13 Å². The maximum absolute atomic E-state index is 10.2. The maximum atomic E-state index is 10.2. The standard InChI is InChI=1S/C8H5ClN2OS/c9-5-2-1-3-6-7(5)11-8(13-6)10-4-12/h1-4H,(H,10,11,12). The zero-order valence-corrected chi connectivity index (χ0v) is 8.02. The molecule has 0 aliphatic rings. The topological polar surface area (TPSA) is 42.0 Å². The SMILES string of the molecule is O=CNc1nc2c(Cl)cccc2s1. The van der Waals surface area contributed by atoms with Crippen molar-refractivity contribution in [2.24, 2.45) is 0 Å². The third-order valence-corrected chi connectivity index (χ3v) is 2.81. The Kier molecular flexibility index (Phi) is 2.16. The molecule has 0 aliphatic carbocycles. The molecule has 0 aliphatic heterocycles. The van der Waals surface area contributed by atoms with Crippen molar-refractivity contribution in [3.05, 3.63) is 23.2 Å². The van der Waals surface area contributed by atoms with Gasteiger partial charge < -0.3 is 5.32 Å². The number of rotatable bonds is 2. The van der Waals surface area contributed by atoms with Crippen LogP contribution in [-0.4, -0.2) is 11.4 Å². The summed E-state index contributed by atoms with van der Waals surface area (Å²) in [6.07, 6.45) is 0.603. The molecule has 3 nitrogen and oxygen atoms in total. The van der Waals surface area contributed by atoms with Gasteiger partial charge in [0, 0.05) is 0 Å². The lowest BCUT2D eigenvalue weighted by atomic mass is 10.3. The number of fused-ring (bicyclic) bond motifs is 1. The molecule has 0 bridgehead atoms. The van der Waals surface area contributed by atoms with E-state index in [1.165, 1.54) is 11.3 Å². The number of amides is 1. The largest absolute Gasteiger partial charge is 0.305 e. The van der Waals surface area contributed by atoms with Crippen LogP contribution in [0, 0.1) is 0 Å². The quantitative estimate of drug-likeness (QED) is 0.778. The van der Waals surface area contributed by atoms with Crippen molar-refractivity contribution in [3.63, 3.8) is 0 Å². The Bertz CT molecular complexity index is 454. The molecule has 0 spiro atoms. The average Bonchev–Trinajstić information content (AvgIpc) is 2.49. The molecule has 1 heterocycles. The van der Waals surface area contributed by atoms with Crippen molar-refractivity contribution in [2.75, 3.05) is 5.32 Å². The molecule has 0 radical (unpaired) electrons. The summed E-state index contributed by atoms with van der Waals surface area (Å²) in [6, 6.07) is 5.54. The number of hydrogen-bond donors (Lipinski definition) is 1. The van der Waals surface area contributed by atoms with Gasteiger partial charge in [-0.15, -0.1) is 0 Å². The molecular weight excluding hydrogens is 208 g/mol. The molecule has 13 heavy (non-hydrogen) atoms. The van der Waals surface area contributed by atoms with Crippen LogP contribution in [0.15, 0.2) is 18.2 Å². The van der Waals surface area contributed by atoms with Crippen LogP contribution < -0.4 is 5.32 Å². The fraction of sp³-hybridized carbons (Fsp3) is 0. The van der Waals surface area contributed by atoms with Gasteiger partial charge in [0.25, 0.3) is 0 Å². The van der Waals surface area contributed by atoms with Gasteiger partial charge in [-0.2, -0.15) is 0 Å². The number of thiazole rings is 1. The van der Waals surface area contributed by atoms with Crippen molar-refractivity contribution in [2.45, 2.75) is 0 Å². The number of benzene rings is 1. The lowest BCUT2D eigenvalue weighted by molar-refractivity contribution is -0.105. The summed E-state index contributed by atoms with van der Waals surface area (Å²) >= 11 is 7.30. The van der Waals surface area contributed by atoms with Crippen molar-refractivity contribution in [1.29, 1.82) is 0 Å². The minimum Gasteiger partial charge on any atom is -0.305 e. The van der Waals surface area contributed by atoms with E-state index in [4.69, 9.17) is 11.6 Å². The van der Waals surface area contributed by atoms with Gasteiger partial charge in [-0.25, -0.2) is 4.98 Å². The van der Waals surface area contributed by atoms with Gasteiger partial charge in [0.2, 0.25) is 6.41 Å². The maximum Gasteiger partial charge on any atom is 0.213 e. The van der Waals surface area contributed by atoms with E-state index in [0.29, 0.717) is 16.6 Å². The Morgan fingerprint density at radius 1 is 1.54 bits per heavy atom. The van der Waals surface area contributed by atoms with Crippen molar-refractivity contribution in [1.82, 2.24) is 4.98 Å². The molecule has 2 rings (SSSR count). The number of anilines is 1. The fourth-order valence-electron chi connectivity index (χ4n) is 1.03. The molecule has 0 saturated carbocycles. The van der Waals surface area contributed by atoms with Crippen LogP contribution in [0.5, 0.6) is 0 Å². The molecule has 1 aromatic carbocycles. The summed E-state index contributed by atoms with van der Waals surface area (Å²) in [7, 11) is 0. The summed E-state index contributed by atoms with van der Waals surface area (Å²) in [5.41, 5.74) is 0.735. The summed E-state index contributed by atoms with van der Waals surface area (Å²) in [6.45, 7) is 0. The summed E-state index contributed by atoms with van der Waals surface area (Å²) in [5.74, 6) is 0. The molecule has 1 aromatic heterocycles. The van der Waals surface area contributed by atoms with E-state index in [-0.39, 0.29) is 0 Å². The van der Waals surface area contributed by atoms with Crippen LogP contribution in [0.2, 0.25) is 5.02 Å². The first kappa shape index (κ1) is 8.47. The van der Waals surface area contributed by atoms with Gasteiger partial charge >= 0.3 is 0 Å². The number of halogens is 1. The third kappa shape index (κ3) is 1.50. The van der Waals surface area contributed by atoms with E-state index in [0.717, 1.165) is 10.2 Å². The second kappa shape index (κ2) is 3.32. The fourth-order valence-corrected chi connectivity index (χ4v) is 2.15. The van der Waals surface area contributed by atoms with E-state index >= 15 is 0 Å². The summed E-state index contributed by atoms with van der Waals surface area (Å²) in [4.78, 5) is 14.3. The van der Waals surface area contributed by atoms with E-state index in [1.54, 1.807) is 6.07 Å². The number of para-hydroxylation sites is 1. The number of carbonyl (C=O) groups is 1. The van der Waals surface area contributed by atoms with Gasteiger partial charge in [0.1, 0.15) is 5.52 Å². The Morgan fingerprint density at radius 3 is 3.08 bits per heavy atom. The molecule has 0 fully saturated rings. The van der Waals surface area contributed by atoms with Crippen molar-refractivity contribution < 1.29 is 4.79 Å². The molecule has 2 aromatic rings. The van der Waals surface area contributed by atoms with E-state index < -0.39 is 0 Å². The van der Waals surface area contributed by atoms with Gasteiger partial charge in [-0.1, -0.05) is 29.0 Å². The molecule has 1 amide bonds. The molecule has 5 heteroatoms. The van der Waals surface area contributed by atoms with Crippen LogP contribution in [0.25, 0.3) is 10.2 Å². The lowest BCUT2D eigenvalue weighted by Gasteiger charge is -1.88. The van der Waals surface area contributed by atoms with Crippen LogP contribution in [0.3, 0.4) is 0 Å². The average molecular weight is 213 g/mol. The first-order valence-corrected chi connectivity index (χ1v) is 4.76. The zero-order chi connectivity index (χ0) is 9.26. The highest BCUT2D eigenvalue weighted by molar-refractivity contribution is 7.22. The Morgan fingerprint density at radius 2 is 2.38 bits per heavy atom. The Labute approximate surface area is 83.4 Å². The normalized spacial score (nSPS) is 10.2. The Balaban J connectivity index is 2.61. The minimum absolute atomic E-state index is 0.568. The highest BCUT2D eigenvalue weighted by Crippen LogP contribution is 2.30. The number of carbonyl (C=O) groups excluding carboxylic acids is 1. The third-order valence-electron chi connectivity index (χ3n) is 1.55. The monoisotopic (exact) mass is 212 g/mol. The summed E-state index contributed by atoms with van der Waals surface area (Å²) < 4.78 is 0.969. The lowest BCUT2D eigenvalue weighted by Crippen LogP contribution is -1.91. The Hall–Kier alpha value is -1.13.